The average molecular weight is 473 g/mol. The van der Waals surface area contributed by atoms with E-state index in [9.17, 15) is 4.79 Å². The van der Waals surface area contributed by atoms with Crippen LogP contribution in [0.4, 0.5) is 0 Å². The van der Waals surface area contributed by atoms with E-state index in [0.717, 1.165) is 5.56 Å². The number of aromatic amines is 1. The van der Waals surface area contributed by atoms with Crippen LogP contribution >= 0.6 is 23.2 Å². The number of rotatable bonds is 7. The Bertz CT molecular complexity index is 1290. The quantitative estimate of drug-likeness (QED) is 0.412. The van der Waals surface area contributed by atoms with E-state index in [1.165, 1.54) is 0 Å². The lowest BCUT2D eigenvalue weighted by Gasteiger charge is -2.13. The van der Waals surface area contributed by atoms with Gasteiger partial charge in [0.25, 0.3) is 5.56 Å². The van der Waals surface area contributed by atoms with Crippen LogP contribution in [0.15, 0.2) is 47.3 Å². The molecule has 2 heterocycles. The molecule has 0 fully saturated rings. The number of halogens is 2. The van der Waals surface area contributed by atoms with E-state index < -0.39 is 0 Å². The smallest absolute Gasteiger partial charge is 0.262 e. The Morgan fingerprint density at radius 2 is 1.81 bits per heavy atom. The Morgan fingerprint density at radius 3 is 2.44 bits per heavy atom. The highest BCUT2D eigenvalue weighted by Crippen LogP contribution is 2.33. The first-order valence-corrected chi connectivity index (χ1v) is 10.9. The fourth-order valence-electron chi connectivity index (χ4n) is 3.60. The zero-order valence-electron chi connectivity index (χ0n) is 17.6. The molecular formula is C23H22Cl2N4O3. The van der Waals surface area contributed by atoms with Crippen molar-refractivity contribution in [2.75, 3.05) is 13.2 Å². The van der Waals surface area contributed by atoms with E-state index in [1.54, 1.807) is 22.9 Å². The Labute approximate surface area is 194 Å². The number of nitrogens with one attached hydrogen (secondary N) is 1. The van der Waals surface area contributed by atoms with Gasteiger partial charge in [-0.05, 0) is 35.7 Å². The molecular weight excluding hydrogens is 451 g/mol. The molecule has 0 aliphatic rings. The summed E-state index contributed by atoms with van der Waals surface area (Å²) in [4.78, 5) is 20.5. The summed E-state index contributed by atoms with van der Waals surface area (Å²) in [6, 6.07) is 12.6. The standard InChI is InChI=1S/C23H22Cl2N4O3/c1-13(2)20-19-22(28-29(20)21-16(24)4-3-5-17(21)25)26-18(27-23(19)31)12-14-6-8-15(9-7-14)32-11-10-30/h3-9,13,30H,10-12H2,1-2H3,(H,26,27,28,31). The summed E-state index contributed by atoms with van der Waals surface area (Å²) in [7, 11) is 0. The van der Waals surface area contributed by atoms with E-state index in [0.29, 0.717) is 50.5 Å². The number of H-pyrrole nitrogens is 1. The van der Waals surface area contributed by atoms with Gasteiger partial charge in [0.15, 0.2) is 5.65 Å². The second-order valence-electron chi connectivity index (χ2n) is 7.63. The fourth-order valence-corrected chi connectivity index (χ4v) is 4.16. The zero-order valence-corrected chi connectivity index (χ0v) is 19.1. The maximum absolute atomic E-state index is 13.0. The maximum Gasteiger partial charge on any atom is 0.262 e. The van der Waals surface area contributed by atoms with Crippen molar-refractivity contribution in [3.63, 3.8) is 0 Å². The number of hydrogen-bond acceptors (Lipinski definition) is 5. The minimum Gasteiger partial charge on any atom is -0.491 e. The summed E-state index contributed by atoms with van der Waals surface area (Å²) in [5.74, 6) is 1.14. The number of aromatic nitrogens is 4. The van der Waals surface area contributed by atoms with Gasteiger partial charge in [-0.1, -0.05) is 55.2 Å². The van der Waals surface area contributed by atoms with Crippen LogP contribution in [0.25, 0.3) is 16.7 Å². The number of aliphatic hydroxyl groups is 1. The number of benzene rings is 2. The van der Waals surface area contributed by atoms with Crippen molar-refractivity contribution >= 4 is 34.2 Å². The molecule has 0 saturated heterocycles. The van der Waals surface area contributed by atoms with Gasteiger partial charge in [0, 0.05) is 6.42 Å². The Balaban J connectivity index is 1.76. The van der Waals surface area contributed by atoms with Crippen molar-refractivity contribution in [2.24, 2.45) is 0 Å². The van der Waals surface area contributed by atoms with Gasteiger partial charge in [-0.3, -0.25) is 4.79 Å². The van der Waals surface area contributed by atoms with Gasteiger partial charge in [-0.2, -0.15) is 0 Å². The molecule has 0 bridgehead atoms. The normalized spacial score (nSPS) is 11.4. The van der Waals surface area contributed by atoms with Crippen molar-refractivity contribution in [3.05, 3.63) is 79.9 Å². The number of para-hydroxylation sites is 1. The Hall–Kier alpha value is -2.87. The van der Waals surface area contributed by atoms with Crippen LogP contribution in [0, 0.1) is 0 Å². The van der Waals surface area contributed by atoms with Crippen LogP contribution in [-0.2, 0) is 6.42 Å². The molecule has 0 saturated carbocycles. The molecule has 0 radical (unpaired) electrons. The van der Waals surface area contributed by atoms with Gasteiger partial charge < -0.3 is 14.8 Å². The predicted octanol–water partition coefficient (Wildman–Crippen LogP) is 4.50. The molecule has 2 aromatic heterocycles. The molecule has 0 aliphatic carbocycles. The Kier molecular flexibility index (Phi) is 6.50. The third kappa shape index (κ3) is 4.37. The number of hydrogen-bond donors (Lipinski definition) is 2. The van der Waals surface area contributed by atoms with Crippen molar-refractivity contribution in [3.8, 4) is 11.4 Å². The van der Waals surface area contributed by atoms with Crippen molar-refractivity contribution in [1.29, 1.82) is 0 Å². The van der Waals surface area contributed by atoms with E-state index in [2.05, 4.69) is 15.1 Å². The number of aliphatic hydroxyl groups excluding tert-OH is 1. The molecule has 9 heteroatoms. The molecule has 32 heavy (non-hydrogen) atoms. The fraction of sp³-hybridized carbons (Fsp3) is 0.261. The largest absolute Gasteiger partial charge is 0.491 e. The second kappa shape index (κ2) is 9.32. The van der Waals surface area contributed by atoms with Crippen LogP contribution in [0.1, 0.15) is 36.8 Å². The third-order valence-electron chi connectivity index (χ3n) is 4.98. The third-order valence-corrected chi connectivity index (χ3v) is 5.59. The first kappa shape index (κ1) is 22.3. The van der Waals surface area contributed by atoms with Crippen molar-refractivity contribution in [1.82, 2.24) is 19.7 Å². The lowest BCUT2D eigenvalue weighted by Crippen LogP contribution is -2.13. The van der Waals surface area contributed by atoms with Gasteiger partial charge in [-0.15, -0.1) is 5.10 Å². The van der Waals surface area contributed by atoms with Gasteiger partial charge in [0.1, 0.15) is 29.3 Å². The Morgan fingerprint density at radius 1 is 1.12 bits per heavy atom. The van der Waals surface area contributed by atoms with Crippen LogP contribution in [0.5, 0.6) is 5.75 Å². The van der Waals surface area contributed by atoms with Crippen molar-refractivity contribution < 1.29 is 9.84 Å². The minimum absolute atomic E-state index is 0.0208. The van der Waals surface area contributed by atoms with Crippen LogP contribution in [0.3, 0.4) is 0 Å². The SMILES string of the molecule is CC(C)c1c2c(=O)[nH]c(Cc3ccc(OCCO)cc3)nc2nn1-c1c(Cl)cccc1Cl. The average Bonchev–Trinajstić information content (AvgIpc) is 3.13. The van der Waals surface area contributed by atoms with Gasteiger partial charge in [-0.25, -0.2) is 9.67 Å². The van der Waals surface area contributed by atoms with Crippen LogP contribution < -0.4 is 10.3 Å². The summed E-state index contributed by atoms with van der Waals surface area (Å²) >= 11 is 12.8. The van der Waals surface area contributed by atoms with Crippen LogP contribution in [-0.4, -0.2) is 38.1 Å². The molecule has 166 valence electrons. The molecule has 4 aromatic rings. The first-order chi connectivity index (χ1) is 15.4. The summed E-state index contributed by atoms with van der Waals surface area (Å²) in [5.41, 5.74) is 2.25. The molecule has 0 unspecified atom stereocenters. The number of nitrogens with zero attached hydrogens (tertiary/aromatic N) is 3. The minimum atomic E-state index is -0.258. The summed E-state index contributed by atoms with van der Waals surface area (Å²) < 4.78 is 7.00. The molecule has 0 atom stereocenters. The van der Waals surface area contributed by atoms with Gasteiger partial charge in [0.2, 0.25) is 0 Å². The summed E-state index contributed by atoms with van der Waals surface area (Å²) in [5, 5.41) is 14.8. The second-order valence-corrected chi connectivity index (χ2v) is 8.44. The van der Waals surface area contributed by atoms with Crippen LogP contribution in [0.2, 0.25) is 10.0 Å². The lowest BCUT2D eigenvalue weighted by molar-refractivity contribution is 0.201. The molecule has 7 nitrogen and oxygen atoms in total. The predicted molar refractivity (Wildman–Crippen MR) is 125 cm³/mol. The molecule has 0 spiro atoms. The zero-order chi connectivity index (χ0) is 22.8. The van der Waals surface area contributed by atoms with E-state index in [-0.39, 0.29) is 24.7 Å². The molecule has 2 N–H and O–H groups in total. The highest BCUT2D eigenvalue weighted by atomic mass is 35.5. The highest BCUT2D eigenvalue weighted by molar-refractivity contribution is 6.37. The topological polar surface area (TPSA) is 93.0 Å². The monoisotopic (exact) mass is 472 g/mol. The van der Waals surface area contributed by atoms with Gasteiger partial charge in [0.05, 0.1) is 22.3 Å². The maximum atomic E-state index is 13.0. The summed E-state index contributed by atoms with van der Waals surface area (Å²) in [6.07, 6.45) is 0.419. The number of fused-ring (bicyclic) bond motifs is 1. The van der Waals surface area contributed by atoms with Crippen molar-refractivity contribution in [2.45, 2.75) is 26.2 Å². The van der Waals surface area contributed by atoms with E-state index >= 15 is 0 Å². The molecule has 2 aromatic carbocycles. The summed E-state index contributed by atoms with van der Waals surface area (Å²) in [6.45, 7) is 4.15. The van der Waals surface area contributed by atoms with Gasteiger partial charge >= 0.3 is 0 Å². The van der Waals surface area contributed by atoms with E-state index in [1.807, 2.05) is 38.1 Å². The lowest BCUT2D eigenvalue weighted by atomic mass is 10.1. The first-order valence-electron chi connectivity index (χ1n) is 10.2. The highest BCUT2D eigenvalue weighted by Gasteiger charge is 2.23. The molecule has 0 aliphatic heterocycles. The van der Waals surface area contributed by atoms with E-state index in [4.69, 9.17) is 33.0 Å². The molecule has 4 rings (SSSR count). The number of ether oxygens (including phenoxy) is 1. The molecule has 0 amide bonds.